The fourth-order valence-corrected chi connectivity index (χ4v) is 1.65. The predicted octanol–water partition coefficient (Wildman–Crippen LogP) is 2.19. The van der Waals surface area contributed by atoms with E-state index in [4.69, 9.17) is 14.0 Å². The van der Waals surface area contributed by atoms with Crippen molar-refractivity contribution in [3.63, 3.8) is 0 Å². The summed E-state index contributed by atoms with van der Waals surface area (Å²) in [6.45, 7) is 10.3. The quantitative estimate of drug-likeness (QED) is 0.671. The van der Waals surface area contributed by atoms with E-state index < -0.39 is 0 Å². The second-order valence-corrected chi connectivity index (χ2v) is 5.67. The van der Waals surface area contributed by atoms with Gasteiger partial charge in [0.1, 0.15) is 0 Å². The van der Waals surface area contributed by atoms with Crippen LogP contribution < -0.4 is 0 Å². The summed E-state index contributed by atoms with van der Waals surface area (Å²) in [5.41, 5.74) is -0.502. The highest BCUT2D eigenvalue weighted by Gasteiger charge is 2.53. The number of ether oxygens (including phenoxy) is 1. The van der Waals surface area contributed by atoms with Crippen LogP contribution in [0.25, 0.3) is 0 Å². The van der Waals surface area contributed by atoms with Crippen LogP contribution >= 0.6 is 0 Å². The van der Waals surface area contributed by atoms with E-state index in [1.54, 1.807) is 0 Å². The third kappa shape index (κ3) is 2.22. The fraction of sp³-hybridized carbons (Fsp3) is 1.00. The van der Waals surface area contributed by atoms with Gasteiger partial charge in [0, 0.05) is 0 Å². The fourth-order valence-electron chi connectivity index (χ4n) is 1.65. The van der Waals surface area contributed by atoms with Crippen molar-refractivity contribution in [3.05, 3.63) is 0 Å². The highest BCUT2D eigenvalue weighted by Crippen LogP contribution is 2.38. The van der Waals surface area contributed by atoms with Gasteiger partial charge in [-0.2, -0.15) is 0 Å². The van der Waals surface area contributed by atoms with E-state index in [2.05, 4.69) is 27.7 Å². The van der Waals surface area contributed by atoms with Crippen molar-refractivity contribution >= 4 is 7.12 Å². The lowest BCUT2D eigenvalue weighted by molar-refractivity contribution is 0.00578. The molecule has 1 saturated heterocycles. The molecule has 1 saturated carbocycles. The van der Waals surface area contributed by atoms with Crippen LogP contribution in [0.5, 0.6) is 0 Å². The van der Waals surface area contributed by atoms with Gasteiger partial charge in [-0.3, -0.25) is 0 Å². The van der Waals surface area contributed by atoms with Crippen molar-refractivity contribution in [2.24, 2.45) is 0 Å². The van der Waals surface area contributed by atoms with Gasteiger partial charge in [0.05, 0.1) is 23.3 Å². The van der Waals surface area contributed by atoms with Crippen LogP contribution in [0.15, 0.2) is 0 Å². The van der Waals surface area contributed by atoms with Gasteiger partial charge in [0.2, 0.25) is 0 Å². The smallest absolute Gasteiger partial charge is 0.402 e. The van der Waals surface area contributed by atoms with Crippen LogP contribution in [0.2, 0.25) is 0 Å². The SMILES string of the molecule is CC(OC1CC1)B1OC(C)(C)C(C)(C)O1. The van der Waals surface area contributed by atoms with Crippen molar-refractivity contribution < 1.29 is 14.0 Å². The third-order valence-electron chi connectivity index (χ3n) is 3.59. The number of rotatable bonds is 3. The molecule has 2 aliphatic rings. The van der Waals surface area contributed by atoms with Crippen molar-refractivity contribution in [2.45, 2.75) is 70.8 Å². The molecule has 1 heterocycles. The van der Waals surface area contributed by atoms with Crippen molar-refractivity contribution in [1.82, 2.24) is 0 Å². The normalized spacial score (nSPS) is 30.6. The average Bonchev–Trinajstić information content (AvgIpc) is 2.81. The van der Waals surface area contributed by atoms with Gasteiger partial charge in [0.25, 0.3) is 0 Å². The summed E-state index contributed by atoms with van der Waals surface area (Å²) in [6, 6.07) is 0.0264. The number of hydrogen-bond donors (Lipinski definition) is 0. The molecule has 2 rings (SSSR count). The van der Waals surface area contributed by atoms with Gasteiger partial charge < -0.3 is 14.0 Å². The molecule has 0 amide bonds. The Labute approximate surface area is 92.6 Å². The van der Waals surface area contributed by atoms with Gasteiger partial charge in [0.15, 0.2) is 0 Å². The Morgan fingerprint density at radius 1 is 1.13 bits per heavy atom. The zero-order valence-electron chi connectivity index (χ0n) is 10.4. The Balaban J connectivity index is 1.95. The summed E-state index contributed by atoms with van der Waals surface area (Å²) in [4.78, 5) is 0. The zero-order valence-corrected chi connectivity index (χ0v) is 10.4. The molecule has 15 heavy (non-hydrogen) atoms. The Hall–Kier alpha value is -0.0551. The molecule has 86 valence electrons. The average molecular weight is 212 g/mol. The second-order valence-electron chi connectivity index (χ2n) is 5.67. The maximum absolute atomic E-state index is 5.91. The Morgan fingerprint density at radius 3 is 2.00 bits per heavy atom. The molecule has 0 aromatic rings. The van der Waals surface area contributed by atoms with E-state index in [9.17, 15) is 0 Å². The van der Waals surface area contributed by atoms with E-state index in [-0.39, 0.29) is 24.3 Å². The van der Waals surface area contributed by atoms with Gasteiger partial charge in [-0.1, -0.05) is 0 Å². The maximum Gasteiger partial charge on any atom is 0.488 e. The monoisotopic (exact) mass is 212 g/mol. The Kier molecular flexibility index (Phi) is 2.65. The highest BCUT2D eigenvalue weighted by atomic mass is 16.7. The molecule has 0 aromatic carbocycles. The molecule has 0 radical (unpaired) electrons. The minimum atomic E-state index is -0.251. The number of hydrogen-bond acceptors (Lipinski definition) is 3. The molecule has 1 unspecified atom stereocenters. The molecule has 1 atom stereocenters. The van der Waals surface area contributed by atoms with Crippen molar-refractivity contribution in [2.75, 3.05) is 0 Å². The van der Waals surface area contributed by atoms with Gasteiger partial charge in [-0.25, -0.2) is 0 Å². The first-order valence-corrected chi connectivity index (χ1v) is 5.83. The first-order chi connectivity index (χ1) is 6.82. The zero-order chi connectivity index (χ0) is 11.3. The minimum Gasteiger partial charge on any atom is -0.402 e. The molecule has 0 spiro atoms. The molecule has 2 fully saturated rings. The third-order valence-corrected chi connectivity index (χ3v) is 3.59. The Bertz CT molecular complexity index is 232. The van der Waals surface area contributed by atoms with E-state index in [0.717, 1.165) is 0 Å². The standard InChI is InChI=1S/C11H21BO3/c1-8(13-9-6-7-9)12-14-10(2,3)11(4,5)15-12/h8-9H,6-7H2,1-5H3. The summed E-state index contributed by atoms with van der Waals surface area (Å²) in [5.74, 6) is 0. The minimum absolute atomic E-state index is 0.0264. The van der Waals surface area contributed by atoms with Crippen LogP contribution in [0, 0.1) is 0 Å². The lowest BCUT2D eigenvalue weighted by Gasteiger charge is -2.32. The lowest BCUT2D eigenvalue weighted by Crippen LogP contribution is -2.41. The van der Waals surface area contributed by atoms with Gasteiger partial charge in [-0.15, -0.1) is 0 Å². The van der Waals surface area contributed by atoms with Crippen molar-refractivity contribution in [1.29, 1.82) is 0 Å². The molecular formula is C11H21BO3. The lowest BCUT2D eigenvalue weighted by atomic mass is 9.82. The molecule has 3 nitrogen and oxygen atoms in total. The first-order valence-electron chi connectivity index (χ1n) is 5.83. The molecule has 1 aliphatic carbocycles. The summed E-state index contributed by atoms with van der Waals surface area (Å²) < 4.78 is 17.6. The van der Waals surface area contributed by atoms with Gasteiger partial charge >= 0.3 is 7.12 Å². The molecule has 0 bridgehead atoms. The summed E-state index contributed by atoms with van der Waals surface area (Å²) >= 11 is 0. The maximum atomic E-state index is 5.91. The Morgan fingerprint density at radius 2 is 1.60 bits per heavy atom. The highest BCUT2D eigenvalue weighted by molar-refractivity contribution is 6.47. The van der Waals surface area contributed by atoms with Crippen LogP contribution in [0.3, 0.4) is 0 Å². The van der Waals surface area contributed by atoms with Gasteiger partial charge in [-0.05, 0) is 47.5 Å². The van der Waals surface area contributed by atoms with Crippen molar-refractivity contribution in [3.8, 4) is 0 Å². The summed E-state index contributed by atoms with van der Waals surface area (Å²) in [5, 5.41) is 0. The topological polar surface area (TPSA) is 27.7 Å². The second kappa shape index (κ2) is 3.47. The van der Waals surface area contributed by atoms with Crippen LogP contribution in [-0.2, 0) is 14.0 Å². The van der Waals surface area contributed by atoms with Crippen LogP contribution in [0.4, 0.5) is 0 Å². The van der Waals surface area contributed by atoms with E-state index in [1.807, 2.05) is 6.92 Å². The molecular weight excluding hydrogens is 191 g/mol. The van der Waals surface area contributed by atoms with Crippen LogP contribution in [0.1, 0.15) is 47.5 Å². The first kappa shape index (κ1) is 11.4. The molecule has 0 aromatic heterocycles. The molecule has 0 N–H and O–H groups in total. The largest absolute Gasteiger partial charge is 0.488 e. The van der Waals surface area contributed by atoms with Crippen LogP contribution in [-0.4, -0.2) is 30.4 Å². The predicted molar refractivity (Wildman–Crippen MR) is 59.7 cm³/mol. The summed E-state index contributed by atoms with van der Waals surface area (Å²) in [6.07, 6.45) is 2.81. The molecule has 4 heteroatoms. The summed E-state index contributed by atoms with van der Waals surface area (Å²) in [7, 11) is -0.226. The molecule has 1 aliphatic heterocycles. The van der Waals surface area contributed by atoms with E-state index >= 15 is 0 Å². The van der Waals surface area contributed by atoms with E-state index in [0.29, 0.717) is 6.10 Å². The van der Waals surface area contributed by atoms with E-state index in [1.165, 1.54) is 12.8 Å².